The lowest BCUT2D eigenvalue weighted by molar-refractivity contribution is -0.114. The van der Waals surface area contributed by atoms with Crippen LogP contribution in [0.25, 0.3) is 0 Å². The van der Waals surface area contributed by atoms with E-state index in [2.05, 4.69) is 24.0 Å². The van der Waals surface area contributed by atoms with E-state index >= 15 is 0 Å². The number of hydrogen-bond acceptors (Lipinski definition) is 4. The Balaban J connectivity index is 1.58. The Kier molecular flexibility index (Phi) is 6.17. The molecule has 0 saturated heterocycles. The molecule has 2 atom stereocenters. The van der Waals surface area contributed by atoms with Crippen LogP contribution in [-0.2, 0) is 17.6 Å². The minimum absolute atomic E-state index is 0.0442. The molecule has 0 amide bonds. The van der Waals surface area contributed by atoms with Gasteiger partial charge in [-0.3, -0.25) is 14.6 Å². The smallest absolute Gasteiger partial charge is 0.166 e. The van der Waals surface area contributed by atoms with Crippen LogP contribution < -0.4 is 4.74 Å². The number of methoxy groups -OCH3 is 1. The van der Waals surface area contributed by atoms with Gasteiger partial charge in [0.1, 0.15) is 5.75 Å². The van der Waals surface area contributed by atoms with Crippen molar-refractivity contribution >= 4 is 17.8 Å². The lowest BCUT2D eigenvalue weighted by Gasteiger charge is -2.29. The lowest BCUT2D eigenvalue weighted by atomic mass is 9.74. The van der Waals surface area contributed by atoms with Gasteiger partial charge >= 0.3 is 0 Å². The van der Waals surface area contributed by atoms with Crippen LogP contribution in [0.5, 0.6) is 5.75 Å². The van der Waals surface area contributed by atoms with Gasteiger partial charge in [0.2, 0.25) is 0 Å². The van der Waals surface area contributed by atoms with E-state index in [0.29, 0.717) is 19.3 Å². The van der Waals surface area contributed by atoms with Gasteiger partial charge in [-0.2, -0.15) is 0 Å². The molecule has 2 unspecified atom stereocenters. The molecule has 1 aliphatic carbocycles. The maximum Gasteiger partial charge on any atom is 0.166 e. The summed E-state index contributed by atoms with van der Waals surface area (Å²) in [6.45, 7) is 3.71. The van der Waals surface area contributed by atoms with Gasteiger partial charge in [0, 0.05) is 29.7 Å². The molecule has 0 spiro atoms. The summed E-state index contributed by atoms with van der Waals surface area (Å²) in [6, 6.07) is 13.9. The van der Waals surface area contributed by atoms with E-state index in [1.165, 1.54) is 11.1 Å². The zero-order valence-electron chi connectivity index (χ0n) is 18.5. The number of aryl methyl sites for hydroxylation is 2. The molecule has 2 aromatic carbocycles. The van der Waals surface area contributed by atoms with Crippen LogP contribution in [0.15, 0.2) is 58.7 Å². The fourth-order valence-corrected chi connectivity index (χ4v) is 4.94. The Labute approximate surface area is 184 Å². The molecule has 160 valence electrons. The van der Waals surface area contributed by atoms with E-state index in [0.717, 1.165) is 41.0 Å². The van der Waals surface area contributed by atoms with Gasteiger partial charge in [0.15, 0.2) is 11.6 Å². The van der Waals surface area contributed by atoms with Crippen LogP contribution in [0.1, 0.15) is 53.2 Å². The first-order valence-corrected chi connectivity index (χ1v) is 11.0. The monoisotopic (exact) mass is 415 g/mol. The highest BCUT2D eigenvalue weighted by atomic mass is 16.5. The fraction of sp³-hybridized carbons (Fsp3) is 0.370. The van der Waals surface area contributed by atoms with Crippen molar-refractivity contribution in [2.75, 3.05) is 7.11 Å². The Morgan fingerprint density at radius 1 is 1.16 bits per heavy atom. The fourth-order valence-electron chi connectivity index (χ4n) is 4.94. The number of rotatable bonds is 6. The van der Waals surface area contributed by atoms with Gasteiger partial charge < -0.3 is 4.74 Å². The minimum Gasteiger partial charge on any atom is -0.497 e. The summed E-state index contributed by atoms with van der Waals surface area (Å²) in [5.74, 6) is 1.03. The number of nitrogens with zero attached hydrogens (tertiary/aromatic N) is 1. The summed E-state index contributed by atoms with van der Waals surface area (Å²) in [6.07, 6.45) is 5.66. The molecule has 2 aliphatic rings. The summed E-state index contributed by atoms with van der Waals surface area (Å²) in [5, 5.41) is 0. The first-order chi connectivity index (χ1) is 15.0. The maximum atomic E-state index is 13.2. The van der Waals surface area contributed by atoms with Gasteiger partial charge in [-0.15, -0.1) is 0 Å². The van der Waals surface area contributed by atoms with Crippen molar-refractivity contribution in [2.45, 2.75) is 46.0 Å². The summed E-state index contributed by atoms with van der Waals surface area (Å²) in [5.41, 5.74) is 5.91. The average molecular weight is 416 g/mol. The van der Waals surface area contributed by atoms with Crippen molar-refractivity contribution < 1.29 is 14.3 Å². The summed E-state index contributed by atoms with van der Waals surface area (Å²) < 4.78 is 5.30. The number of Topliss-reactive ketones (excluding diaryl/α,β-unsaturated/α-hetero) is 2. The second kappa shape index (κ2) is 9.01. The number of ketones is 2. The van der Waals surface area contributed by atoms with Crippen LogP contribution in [0.4, 0.5) is 0 Å². The highest BCUT2D eigenvalue weighted by Gasteiger charge is 2.33. The molecule has 0 N–H and O–H groups in total. The number of carbonyl (C=O) groups excluding carboxylic acids is 2. The maximum absolute atomic E-state index is 13.2. The van der Waals surface area contributed by atoms with Crippen LogP contribution in [0, 0.1) is 18.8 Å². The Morgan fingerprint density at radius 3 is 2.71 bits per heavy atom. The molecule has 1 aliphatic heterocycles. The SMILES string of the molecule is COc1ccc2c(c1)CCC(CC1CC=NC(Cc3ccccc3C)=C1C(C)=O)C2=O. The lowest BCUT2D eigenvalue weighted by Crippen LogP contribution is -2.28. The summed E-state index contributed by atoms with van der Waals surface area (Å²) in [7, 11) is 1.64. The molecule has 0 aromatic heterocycles. The number of ether oxygens (including phenoxy) is 1. The third-order valence-electron chi connectivity index (χ3n) is 6.63. The van der Waals surface area contributed by atoms with E-state index in [9.17, 15) is 9.59 Å². The standard InChI is InChI=1S/C27H29NO3/c1-17-6-4-5-7-19(17)16-25-26(18(2)29)21(12-13-28-25)14-22-9-8-20-15-23(31-3)10-11-24(20)27(22)30/h4-7,10-11,13,15,21-22H,8-9,12,14,16H2,1-3H3. The third-order valence-corrected chi connectivity index (χ3v) is 6.63. The molecular formula is C27H29NO3. The molecule has 0 radical (unpaired) electrons. The number of allylic oxidation sites excluding steroid dienone is 2. The molecule has 0 saturated carbocycles. The van der Waals surface area contributed by atoms with Gasteiger partial charge in [-0.1, -0.05) is 24.3 Å². The topological polar surface area (TPSA) is 55.7 Å². The Morgan fingerprint density at radius 2 is 1.97 bits per heavy atom. The highest BCUT2D eigenvalue weighted by Crippen LogP contribution is 2.37. The minimum atomic E-state index is -0.0635. The van der Waals surface area contributed by atoms with E-state index in [1.807, 2.05) is 36.5 Å². The molecular weight excluding hydrogens is 386 g/mol. The van der Waals surface area contributed by atoms with Gasteiger partial charge in [-0.25, -0.2) is 0 Å². The summed E-state index contributed by atoms with van der Waals surface area (Å²) >= 11 is 0. The second-order valence-corrected chi connectivity index (χ2v) is 8.62. The second-order valence-electron chi connectivity index (χ2n) is 8.62. The average Bonchev–Trinajstić information content (AvgIpc) is 2.77. The van der Waals surface area contributed by atoms with Crippen LogP contribution >= 0.6 is 0 Å². The van der Waals surface area contributed by atoms with Crippen LogP contribution in [0.3, 0.4) is 0 Å². The molecule has 0 fully saturated rings. The van der Waals surface area contributed by atoms with Crippen molar-refractivity contribution in [1.29, 1.82) is 0 Å². The molecule has 1 heterocycles. The zero-order chi connectivity index (χ0) is 22.0. The molecule has 0 bridgehead atoms. The van der Waals surface area contributed by atoms with Crippen LogP contribution in [-0.4, -0.2) is 24.9 Å². The number of aliphatic imine (C=N–C) groups is 1. The summed E-state index contributed by atoms with van der Waals surface area (Å²) in [4.78, 5) is 30.5. The molecule has 4 nitrogen and oxygen atoms in total. The van der Waals surface area contributed by atoms with Gasteiger partial charge in [0.25, 0.3) is 0 Å². The van der Waals surface area contributed by atoms with Crippen molar-refractivity contribution in [3.05, 3.63) is 76.0 Å². The quantitative estimate of drug-likeness (QED) is 0.642. The Hall–Kier alpha value is -3.01. The van der Waals surface area contributed by atoms with Gasteiger partial charge in [-0.05, 0) is 80.3 Å². The number of fused-ring (bicyclic) bond motifs is 1. The first-order valence-electron chi connectivity index (χ1n) is 11.0. The third kappa shape index (κ3) is 4.39. The van der Waals surface area contributed by atoms with Crippen molar-refractivity contribution in [2.24, 2.45) is 16.8 Å². The predicted molar refractivity (Wildman–Crippen MR) is 123 cm³/mol. The zero-order valence-corrected chi connectivity index (χ0v) is 18.5. The van der Waals surface area contributed by atoms with Crippen molar-refractivity contribution in [3.63, 3.8) is 0 Å². The Bertz CT molecular complexity index is 1080. The van der Waals surface area contributed by atoms with E-state index in [1.54, 1.807) is 14.0 Å². The van der Waals surface area contributed by atoms with Crippen LogP contribution in [0.2, 0.25) is 0 Å². The number of benzene rings is 2. The van der Waals surface area contributed by atoms with E-state index in [-0.39, 0.29) is 23.4 Å². The molecule has 4 heteroatoms. The number of hydrogen-bond donors (Lipinski definition) is 0. The first kappa shape index (κ1) is 21.2. The number of carbonyl (C=O) groups is 2. The molecule has 31 heavy (non-hydrogen) atoms. The predicted octanol–water partition coefficient (Wildman–Crippen LogP) is 5.32. The van der Waals surface area contributed by atoms with Crippen molar-refractivity contribution in [1.82, 2.24) is 0 Å². The van der Waals surface area contributed by atoms with E-state index < -0.39 is 0 Å². The highest BCUT2D eigenvalue weighted by molar-refractivity contribution is 6.01. The molecule has 2 aromatic rings. The van der Waals surface area contributed by atoms with Crippen molar-refractivity contribution in [3.8, 4) is 5.75 Å². The molecule has 4 rings (SSSR count). The van der Waals surface area contributed by atoms with E-state index in [4.69, 9.17) is 4.74 Å². The van der Waals surface area contributed by atoms with Gasteiger partial charge in [0.05, 0.1) is 12.8 Å². The normalized spacial score (nSPS) is 20.5. The largest absolute Gasteiger partial charge is 0.497 e.